The van der Waals surface area contributed by atoms with Gasteiger partial charge in [-0.15, -0.1) is 10.2 Å². The molecule has 0 fully saturated rings. The molecule has 1 rings (SSSR count). The van der Waals surface area contributed by atoms with E-state index in [1.54, 1.807) is 14.1 Å². The minimum Gasteiger partial charge on any atom is -0.360 e. The summed E-state index contributed by atoms with van der Waals surface area (Å²) in [4.78, 5) is 24.3. The number of carbonyl (C=O) groups is 2. The van der Waals surface area contributed by atoms with Crippen LogP contribution in [-0.4, -0.2) is 59.8 Å². The van der Waals surface area contributed by atoms with Gasteiger partial charge in [-0.25, -0.2) is 0 Å². The van der Waals surface area contributed by atoms with Crippen molar-refractivity contribution in [2.75, 3.05) is 38.3 Å². The van der Waals surface area contributed by atoms with Crippen LogP contribution in [0.15, 0.2) is 4.34 Å². The van der Waals surface area contributed by atoms with Gasteiger partial charge in [0.1, 0.15) is 0 Å². The van der Waals surface area contributed by atoms with Crippen LogP contribution in [0, 0.1) is 0 Å². The molecule has 0 spiro atoms. The highest BCUT2D eigenvalue weighted by Gasteiger charge is 2.10. The van der Waals surface area contributed by atoms with E-state index in [9.17, 15) is 9.59 Å². The summed E-state index contributed by atoms with van der Waals surface area (Å²) in [6.07, 6.45) is 1.02. The fraction of sp³-hybridized carbons (Fsp3) is 0.636. The molecule has 7 nitrogen and oxygen atoms in total. The van der Waals surface area contributed by atoms with E-state index in [1.165, 1.54) is 28.0 Å². The molecule has 0 saturated heterocycles. The van der Waals surface area contributed by atoms with Gasteiger partial charge in [0.25, 0.3) is 0 Å². The van der Waals surface area contributed by atoms with E-state index >= 15 is 0 Å². The van der Waals surface area contributed by atoms with Gasteiger partial charge < -0.3 is 15.5 Å². The Kier molecular flexibility index (Phi) is 7.31. The van der Waals surface area contributed by atoms with E-state index in [0.29, 0.717) is 0 Å². The number of hydrogen-bond acceptors (Lipinski definition) is 7. The van der Waals surface area contributed by atoms with Crippen molar-refractivity contribution in [1.82, 2.24) is 20.4 Å². The maximum atomic E-state index is 11.6. The summed E-state index contributed by atoms with van der Waals surface area (Å²) in [6.45, 7) is 2.95. The number of likely N-dealkylation sites (N-methyl/N-ethyl adjacent to an activating group) is 1. The van der Waals surface area contributed by atoms with Gasteiger partial charge in [0.05, 0.1) is 12.3 Å². The average molecular weight is 317 g/mol. The number of thioether (sulfide) groups is 1. The molecule has 0 aromatic carbocycles. The summed E-state index contributed by atoms with van der Waals surface area (Å²) >= 11 is 2.73. The molecule has 0 aliphatic heterocycles. The van der Waals surface area contributed by atoms with Crippen LogP contribution in [-0.2, 0) is 9.59 Å². The Balaban J connectivity index is 2.27. The molecule has 20 heavy (non-hydrogen) atoms. The first-order valence-electron chi connectivity index (χ1n) is 6.20. The third-order valence-corrected chi connectivity index (χ3v) is 4.21. The SMILES string of the molecule is CCCNc1nnc(SCC(=O)NCC(=O)N(C)C)s1. The average Bonchev–Trinajstić information content (AvgIpc) is 2.87. The predicted octanol–water partition coefficient (Wildman–Crippen LogP) is 0.656. The van der Waals surface area contributed by atoms with Crippen LogP contribution in [0.25, 0.3) is 0 Å². The second-order valence-electron chi connectivity index (χ2n) is 4.15. The highest BCUT2D eigenvalue weighted by atomic mass is 32.2. The van der Waals surface area contributed by atoms with Crippen LogP contribution < -0.4 is 10.6 Å². The molecule has 1 aromatic heterocycles. The Hall–Kier alpha value is -1.35. The van der Waals surface area contributed by atoms with Crippen LogP contribution in [0.3, 0.4) is 0 Å². The number of amides is 2. The summed E-state index contributed by atoms with van der Waals surface area (Å²) in [5, 5.41) is 14.4. The fourth-order valence-electron chi connectivity index (χ4n) is 1.08. The predicted molar refractivity (Wildman–Crippen MR) is 81.1 cm³/mol. The smallest absolute Gasteiger partial charge is 0.241 e. The molecule has 0 atom stereocenters. The Morgan fingerprint density at radius 1 is 1.35 bits per heavy atom. The van der Waals surface area contributed by atoms with E-state index in [0.717, 1.165) is 22.4 Å². The van der Waals surface area contributed by atoms with Crippen LogP contribution >= 0.6 is 23.1 Å². The molecule has 0 aliphatic rings. The zero-order valence-electron chi connectivity index (χ0n) is 11.8. The van der Waals surface area contributed by atoms with E-state index < -0.39 is 0 Å². The fourth-order valence-corrected chi connectivity index (χ4v) is 2.69. The van der Waals surface area contributed by atoms with Crippen molar-refractivity contribution in [2.45, 2.75) is 17.7 Å². The minimum absolute atomic E-state index is 0.0197. The topological polar surface area (TPSA) is 87.2 Å². The Bertz CT molecular complexity index is 450. The molecule has 2 amide bonds. The van der Waals surface area contributed by atoms with E-state index in [1.807, 2.05) is 0 Å². The van der Waals surface area contributed by atoms with Crippen molar-refractivity contribution >= 4 is 40.0 Å². The monoisotopic (exact) mass is 317 g/mol. The summed E-state index contributed by atoms with van der Waals surface area (Å²) in [5.41, 5.74) is 0. The van der Waals surface area contributed by atoms with E-state index in [4.69, 9.17) is 0 Å². The molecule has 1 heterocycles. The number of hydrogen-bond donors (Lipinski definition) is 2. The first-order chi connectivity index (χ1) is 9.52. The number of nitrogens with one attached hydrogen (secondary N) is 2. The molecular weight excluding hydrogens is 298 g/mol. The van der Waals surface area contributed by atoms with E-state index in [2.05, 4.69) is 27.8 Å². The van der Waals surface area contributed by atoms with Crippen LogP contribution in [0.2, 0.25) is 0 Å². The zero-order chi connectivity index (χ0) is 15.0. The lowest BCUT2D eigenvalue weighted by molar-refractivity contribution is -0.130. The first kappa shape index (κ1) is 16.7. The molecule has 0 bridgehead atoms. The number of rotatable bonds is 8. The summed E-state index contributed by atoms with van der Waals surface area (Å²) < 4.78 is 0.734. The van der Waals surface area contributed by atoms with Crippen LogP contribution in [0.5, 0.6) is 0 Å². The largest absolute Gasteiger partial charge is 0.360 e. The maximum absolute atomic E-state index is 11.6. The van der Waals surface area contributed by atoms with Crippen molar-refractivity contribution < 1.29 is 9.59 Å². The lowest BCUT2D eigenvalue weighted by Crippen LogP contribution is -2.36. The lowest BCUT2D eigenvalue weighted by Gasteiger charge is -2.10. The molecule has 0 radical (unpaired) electrons. The quantitative estimate of drug-likeness (QED) is 0.685. The number of carbonyl (C=O) groups excluding carboxylic acids is 2. The van der Waals surface area contributed by atoms with Gasteiger partial charge in [-0.1, -0.05) is 30.0 Å². The normalized spacial score (nSPS) is 10.2. The second-order valence-corrected chi connectivity index (χ2v) is 6.35. The van der Waals surface area contributed by atoms with Gasteiger partial charge in [0, 0.05) is 20.6 Å². The van der Waals surface area contributed by atoms with Crippen LogP contribution in [0.1, 0.15) is 13.3 Å². The number of nitrogens with zero attached hydrogens (tertiary/aromatic N) is 3. The van der Waals surface area contributed by atoms with Crippen molar-refractivity contribution in [2.24, 2.45) is 0 Å². The molecule has 2 N–H and O–H groups in total. The third kappa shape index (κ3) is 6.20. The minimum atomic E-state index is -0.191. The van der Waals surface area contributed by atoms with Crippen molar-refractivity contribution in [3.8, 4) is 0 Å². The molecule has 0 unspecified atom stereocenters. The highest BCUT2D eigenvalue weighted by molar-refractivity contribution is 8.01. The van der Waals surface area contributed by atoms with Crippen molar-refractivity contribution in [3.63, 3.8) is 0 Å². The Morgan fingerprint density at radius 3 is 2.75 bits per heavy atom. The maximum Gasteiger partial charge on any atom is 0.241 e. The molecule has 1 aromatic rings. The van der Waals surface area contributed by atoms with Gasteiger partial charge in [-0.05, 0) is 6.42 Å². The van der Waals surface area contributed by atoms with Gasteiger partial charge >= 0.3 is 0 Å². The molecular formula is C11H19N5O2S2. The summed E-state index contributed by atoms with van der Waals surface area (Å²) in [7, 11) is 3.30. The number of anilines is 1. The van der Waals surface area contributed by atoms with Crippen LogP contribution in [0.4, 0.5) is 5.13 Å². The highest BCUT2D eigenvalue weighted by Crippen LogP contribution is 2.24. The first-order valence-corrected chi connectivity index (χ1v) is 8.00. The molecule has 0 aliphatic carbocycles. The third-order valence-electron chi connectivity index (χ3n) is 2.20. The van der Waals surface area contributed by atoms with Gasteiger partial charge in [0.15, 0.2) is 4.34 Å². The molecule has 112 valence electrons. The Morgan fingerprint density at radius 2 is 2.10 bits per heavy atom. The lowest BCUT2D eigenvalue weighted by atomic mass is 10.5. The van der Waals surface area contributed by atoms with Crippen molar-refractivity contribution in [3.05, 3.63) is 0 Å². The van der Waals surface area contributed by atoms with Gasteiger partial charge in [0.2, 0.25) is 16.9 Å². The van der Waals surface area contributed by atoms with Crippen molar-refractivity contribution in [1.29, 1.82) is 0 Å². The van der Waals surface area contributed by atoms with E-state index in [-0.39, 0.29) is 24.1 Å². The van der Waals surface area contributed by atoms with Gasteiger partial charge in [-0.2, -0.15) is 0 Å². The molecule has 9 heteroatoms. The molecule has 0 saturated carbocycles. The number of aromatic nitrogens is 2. The standard InChI is InChI=1S/C11H19N5O2S2/c1-4-5-12-10-14-15-11(20-10)19-7-8(17)13-6-9(18)16(2)3/h4-7H2,1-3H3,(H,12,14)(H,13,17). The summed E-state index contributed by atoms with van der Waals surface area (Å²) in [6, 6.07) is 0. The second kappa shape index (κ2) is 8.75. The Labute approximate surface area is 126 Å². The summed E-state index contributed by atoms with van der Waals surface area (Å²) in [5.74, 6) is -0.0999. The van der Waals surface area contributed by atoms with Gasteiger partial charge in [-0.3, -0.25) is 9.59 Å². The zero-order valence-corrected chi connectivity index (χ0v) is 13.4.